The summed E-state index contributed by atoms with van der Waals surface area (Å²) in [5, 5.41) is 19.3. The van der Waals surface area contributed by atoms with Crippen LogP contribution in [0.3, 0.4) is 0 Å². The minimum absolute atomic E-state index is 0.199. The van der Waals surface area contributed by atoms with E-state index in [1.807, 2.05) is 27.7 Å². The van der Waals surface area contributed by atoms with Gasteiger partial charge in [-0.05, 0) is 38.5 Å². The van der Waals surface area contributed by atoms with Gasteiger partial charge in [0, 0.05) is 0 Å². The molecule has 0 heterocycles. The van der Waals surface area contributed by atoms with Crippen molar-refractivity contribution in [2.24, 2.45) is 5.92 Å². The van der Waals surface area contributed by atoms with Gasteiger partial charge < -0.3 is 10.2 Å². The standard InChI is InChI=1S/C11H24O2/c1-5-10(12)8-7-9(3)11(4,13)6-2/h9-10,12-13H,5-8H2,1-4H3. The summed E-state index contributed by atoms with van der Waals surface area (Å²) in [5.74, 6) is 0.263. The highest BCUT2D eigenvalue weighted by atomic mass is 16.3. The molecular weight excluding hydrogens is 164 g/mol. The molecule has 0 radical (unpaired) electrons. The predicted octanol–water partition coefficient (Wildman–Crippen LogP) is 2.33. The van der Waals surface area contributed by atoms with E-state index in [0.29, 0.717) is 0 Å². The summed E-state index contributed by atoms with van der Waals surface area (Å²) < 4.78 is 0. The van der Waals surface area contributed by atoms with E-state index in [2.05, 4.69) is 0 Å². The van der Waals surface area contributed by atoms with Gasteiger partial charge in [0.15, 0.2) is 0 Å². The van der Waals surface area contributed by atoms with Crippen LogP contribution in [-0.4, -0.2) is 21.9 Å². The first kappa shape index (κ1) is 12.9. The van der Waals surface area contributed by atoms with Crippen LogP contribution in [0.2, 0.25) is 0 Å². The Morgan fingerprint density at radius 2 is 1.77 bits per heavy atom. The molecule has 0 saturated heterocycles. The molecule has 2 N–H and O–H groups in total. The van der Waals surface area contributed by atoms with Gasteiger partial charge in [0.25, 0.3) is 0 Å². The van der Waals surface area contributed by atoms with E-state index < -0.39 is 5.60 Å². The third-order valence-electron chi connectivity index (χ3n) is 3.18. The van der Waals surface area contributed by atoms with Gasteiger partial charge in [-0.25, -0.2) is 0 Å². The fourth-order valence-electron chi connectivity index (χ4n) is 1.31. The monoisotopic (exact) mass is 188 g/mol. The molecule has 0 aliphatic carbocycles. The zero-order chi connectivity index (χ0) is 10.5. The van der Waals surface area contributed by atoms with Gasteiger partial charge in [0.05, 0.1) is 11.7 Å². The van der Waals surface area contributed by atoms with E-state index in [-0.39, 0.29) is 12.0 Å². The molecular formula is C11H24O2. The zero-order valence-corrected chi connectivity index (χ0v) is 9.38. The van der Waals surface area contributed by atoms with Crippen molar-refractivity contribution in [2.75, 3.05) is 0 Å². The van der Waals surface area contributed by atoms with Gasteiger partial charge in [0.1, 0.15) is 0 Å². The molecule has 0 saturated carbocycles. The van der Waals surface area contributed by atoms with E-state index in [1.54, 1.807) is 0 Å². The lowest BCUT2D eigenvalue weighted by molar-refractivity contribution is -0.00598. The van der Waals surface area contributed by atoms with Crippen molar-refractivity contribution in [1.29, 1.82) is 0 Å². The molecule has 0 aromatic heterocycles. The van der Waals surface area contributed by atoms with Crippen LogP contribution in [0.1, 0.15) is 53.4 Å². The van der Waals surface area contributed by atoms with Crippen molar-refractivity contribution in [3.63, 3.8) is 0 Å². The number of aliphatic hydroxyl groups excluding tert-OH is 1. The Morgan fingerprint density at radius 1 is 1.23 bits per heavy atom. The average Bonchev–Trinajstić information content (AvgIpc) is 2.13. The molecule has 0 aromatic rings. The topological polar surface area (TPSA) is 40.5 Å². The highest BCUT2D eigenvalue weighted by Crippen LogP contribution is 2.25. The molecule has 0 rings (SSSR count). The maximum absolute atomic E-state index is 9.90. The summed E-state index contributed by atoms with van der Waals surface area (Å²) in [7, 11) is 0. The molecule has 2 nitrogen and oxygen atoms in total. The summed E-state index contributed by atoms with van der Waals surface area (Å²) >= 11 is 0. The zero-order valence-electron chi connectivity index (χ0n) is 9.38. The van der Waals surface area contributed by atoms with Crippen LogP contribution in [0, 0.1) is 5.92 Å². The Bertz CT molecular complexity index is 132. The molecule has 3 unspecified atom stereocenters. The first-order chi connectivity index (χ1) is 5.94. The van der Waals surface area contributed by atoms with Crippen LogP contribution < -0.4 is 0 Å². The van der Waals surface area contributed by atoms with Crippen LogP contribution >= 0.6 is 0 Å². The highest BCUT2D eigenvalue weighted by molar-refractivity contribution is 4.77. The van der Waals surface area contributed by atoms with Gasteiger partial charge >= 0.3 is 0 Å². The SMILES string of the molecule is CCC(O)CCC(C)C(C)(O)CC. The molecule has 0 fully saturated rings. The van der Waals surface area contributed by atoms with Crippen LogP contribution in [0.5, 0.6) is 0 Å². The Labute approximate surface area is 82.0 Å². The molecule has 0 aromatic carbocycles. The van der Waals surface area contributed by atoms with Crippen LogP contribution in [0.4, 0.5) is 0 Å². The lowest BCUT2D eigenvalue weighted by atomic mass is 9.84. The van der Waals surface area contributed by atoms with E-state index in [4.69, 9.17) is 0 Å². The summed E-state index contributed by atoms with van der Waals surface area (Å²) in [6.45, 7) is 7.89. The van der Waals surface area contributed by atoms with Crippen molar-refractivity contribution in [3.05, 3.63) is 0 Å². The first-order valence-corrected chi connectivity index (χ1v) is 5.34. The number of hydrogen-bond acceptors (Lipinski definition) is 2. The number of hydrogen-bond donors (Lipinski definition) is 2. The predicted molar refractivity (Wildman–Crippen MR) is 55.6 cm³/mol. The van der Waals surface area contributed by atoms with E-state index in [0.717, 1.165) is 25.7 Å². The average molecular weight is 188 g/mol. The second kappa shape index (κ2) is 5.61. The summed E-state index contributed by atoms with van der Waals surface area (Å²) in [5.41, 5.74) is -0.576. The largest absolute Gasteiger partial charge is 0.393 e. The van der Waals surface area contributed by atoms with Crippen molar-refractivity contribution in [3.8, 4) is 0 Å². The van der Waals surface area contributed by atoms with Gasteiger partial charge in [-0.1, -0.05) is 20.8 Å². The minimum atomic E-state index is -0.576. The molecule has 0 spiro atoms. The van der Waals surface area contributed by atoms with E-state index in [1.165, 1.54) is 0 Å². The fourth-order valence-corrected chi connectivity index (χ4v) is 1.31. The Morgan fingerprint density at radius 3 is 2.15 bits per heavy atom. The number of aliphatic hydroxyl groups is 2. The third kappa shape index (κ3) is 4.63. The molecule has 2 heteroatoms. The number of rotatable bonds is 6. The van der Waals surface area contributed by atoms with Crippen molar-refractivity contribution < 1.29 is 10.2 Å². The van der Waals surface area contributed by atoms with E-state index >= 15 is 0 Å². The van der Waals surface area contributed by atoms with Crippen molar-refractivity contribution in [2.45, 2.75) is 65.1 Å². The smallest absolute Gasteiger partial charge is 0.0642 e. The summed E-state index contributed by atoms with van der Waals surface area (Å²) in [6, 6.07) is 0. The fraction of sp³-hybridized carbons (Fsp3) is 1.00. The minimum Gasteiger partial charge on any atom is -0.393 e. The molecule has 0 aliphatic rings. The Kier molecular flexibility index (Phi) is 5.57. The van der Waals surface area contributed by atoms with Crippen LogP contribution in [0.15, 0.2) is 0 Å². The Balaban J connectivity index is 3.80. The molecule has 80 valence electrons. The highest BCUT2D eigenvalue weighted by Gasteiger charge is 2.25. The van der Waals surface area contributed by atoms with Crippen molar-refractivity contribution in [1.82, 2.24) is 0 Å². The molecule has 3 atom stereocenters. The summed E-state index contributed by atoms with van der Waals surface area (Å²) in [4.78, 5) is 0. The van der Waals surface area contributed by atoms with Crippen LogP contribution in [0.25, 0.3) is 0 Å². The summed E-state index contributed by atoms with van der Waals surface area (Å²) in [6.07, 6.45) is 3.08. The molecule has 0 bridgehead atoms. The van der Waals surface area contributed by atoms with Gasteiger partial charge in [-0.2, -0.15) is 0 Å². The molecule has 0 aliphatic heterocycles. The maximum Gasteiger partial charge on any atom is 0.0642 e. The van der Waals surface area contributed by atoms with Crippen molar-refractivity contribution >= 4 is 0 Å². The second-order valence-corrected chi connectivity index (χ2v) is 4.25. The maximum atomic E-state index is 9.90. The molecule has 13 heavy (non-hydrogen) atoms. The van der Waals surface area contributed by atoms with Gasteiger partial charge in [0.2, 0.25) is 0 Å². The normalized spacial score (nSPS) is 20.8. The first-order valence-electron chi connectivity index (χ1n) is 5.34. The van der Waals surface area contributed by atoms with Crippen LogP contribution in [-0.2, 0) is 0 Å². The lowest BCUT2D eigenvalue weighted by Crippen LogP contribution is -2.32. The third-order valence-corrected chi connectivity index (χ3v) is 3.18. The second-order valence-electron chi connectivity index (χ2n) is 4.25. The van der Waals surface area contributed by atoms with Gasteiger partial charge in [-0.3, -0.25) is 0 Å². The quantitative estimate of drug-likeness (QED) is 0.671. The Hall–Kier alpha value is -0.0800. The lowest BCUT2D eigenvalue weighted by Gasteiger charge is -2.29. The van der Waals surface area contributed by atoms with Gasteiger partial charge in [-0.15, -0.1) is 0 Å². The molecule has 0 amide bonds. The van der Waals surface area contributed by atoms with E-state index in [9.17, 15) is 10.2 Å².